The first-order chi connectivity index (χ1) is 6.00. The van der Waals surface area contributed by atoms with Crippen LogP contribution in [0.5, 0.6) is 0 Å². The number of carbonyl (C=O) groups excluding carboxylic acids is 1. The van der Waals surface area contributed by atoms with E-state index in [4.69, 9.17) is 0 Å². The molecule has 1 aromatic heterocycles. The van der Waals surface area contributed by atoms with Crippen molar-refractivity contribution in [3.05, 3.63) is 12.7 Å². The van der Waals surface area contributed by atoms with Crippen molar-refractivity contribution in [3.63, 3.8) is 0 Å². The fourth-order valence-corrected chi connectivity index (χ4v) is 0.706. The molecule has 0 saturated carbocycles. The van der Waals surface area contributed by atoms with Gasteiger partial charge < -0.3 is 0 Å². The Balaban J connectivity index is 2.40. The lowest BCUT2D eigenvalue weighted by Gasteiger charge is -2.03. The molecule has 0 spiro atoms. The molecule has 0 atom stereocenters. The smallest absolute Gasteiger partial charge is 0.290 e. The van der Waals surface area contributed by atoms with E-state index >= 15 is 0 Å². The van der Waals surface area contributed by atoms with E-state index in [2.05, 4.69) is 10.1 Å². The average molecular weight is 193 g/mol. The van der Waals surface area contributed by atoms with Gasteiger partial charge in [0.25, 0.3) is 0 Å². The standard InChI is InChI=1S/C6H6F3N3O/c7-6(8,9)5(13)1-2-12-4-10-3-11-12/h3-4H,1-2H2. The number of Topliss-reactive ketones (excluding diaryl/α,β-unsaturated/α-hetero) is 1. The van der Waals surface area contributed by atoms with Gasteiger partial charge in [0.1, 0.15) is 12.7 Å². The van der Waals surface area contributed by atoms with E-state index < -0.39 is 18.4 Å². The summed E-state index contributed by atoms with van der Waals surface area (Å²) >= 11 is 0. The number of hydrogen-bond donors (Lipinski definition) is 0. The topological polar surface area (TPSA) is 47.8 Å². The normalized spacial score (nSPS) is 11.6. The second-order valence-corrected chi connectivity index (χ2v) is 2.33. The molecule has 1 aromatic rings. The summed E-state index contributed by atoms with van der Waals surface area (Å²) in [5, 5.41) is 3.56. The summed E-state index contributed by atoms with van der Waals surface area (Å²) in [6.07, 6.45) is -2.91. The Morgan fingerprint density at radius 2 is 2.15 bits per heavy atom. The number of nitrogens with zero attached hydrogens (tertiary/aromatic N) is 3. The van der Waals surface area contributed by atoms with Crippen LogP contribution in [0.25, 0.3) is 0 Å². The molecule has 0 bridgehead atoms. The Hall–Kier alpha value is -1.40. The van der Waals surface area contributed by atoms with Crippen LogP contribution in [0, 0.1) is 0 Å². The van der Waals surface area contributed by atoms with E-state index in [1.165, 1.54) is 17.3 Å². The Morgan fingerprint density at radius 3 is 2.62 bits per heavy atom. The molecule has 72 valence electrons. The third-order valence-corrected chi connectivity index (χ3v) is 1.35. The lowest BCUT2D eigenvalue weighted by Crippen LogP contribution is -2.23. The van der Waals surface area contributed by atoms with Crippen LogP contribution in [0.1, 0.15) is 6.42 Å². The van der Waals surface area contributed by atoms with Crippen molar-refractivity contribution in [1.82, 2.24) is 14.8 Å². The summed E-state index contributed by atoms with van der Waals surface area (Å²) in [4.78, 5) is 13.9. The molecule has 0 fully saturated rings. The van der Waals surface area contributed by atoms with Crippen LogP contribution >= 0.6 is 0 Å². The molecule has 0 radical (unpaired) electrons. The fourth-order valence-electron chi connectivity index (χ4n) is 0.706. The molecule has 0 N–H and O–H groups in total. The molecular formula is C6H6F3N3O. The molecule has 13 heavy (non-hydrogen) atoms. The summed E-state index contributed by atoms with van der Waals surface area (Å²) in [6, 6.07) is 0. The molecular weight excluding hydrogens is 187 g/mol. The molecule has 0 aliphatic rings. The highest BCUT2D eigenvalue weighted by Gasteiger charge is 2.37. The van der Waals surface area contributed by atoms with Crippen LogP contribution in [0.15, 0.2) is 12.7 Å². The van der Waals surface area contributed by atoms with E-state index in [0.29, 0.717) is 0 Å². The monoisotopic (exact) mass is 193 g/mol. The maximum absolute atomic E-state index is 11.7. The van der Waals surface area contributed by atoms with Crippen molar-refractivity contribution in [3.8, 4) is 0 Å². The summed E-state index contributed by atoms with van der Waals surface area (Å²) in [7, 11) is 0. The molecule has 1 rings (SSSR count). The second-order valence-electron chi connectivity index (χ2n) is 2.33. The van der Waals surface area contributed by atoms with Gasteiger partial charge in [-0.05, 0) is 0 Å². The Bertz CT molecular complexity index is 280. The van der Waals surface area contributed by atoms with Crippen LogP contribution in [0.4, 0.5) is 13.2 Å². The molecule has 0 aliphatic heterocycles. The summed E-state index contributed by atoms with van der Waals surface area (Å²) < 4.78 is 36.2. The van der Waals surface area contributed by atoms with Gasteiger partial charge in [0.2, 0.25) is 5.78 Å². The molecule has 0 unspecified atom stereocenters. The van der Waals surface area contributed by atoms with Crippen LogP contribution in [-0.4, -0.2) is 26.7 Å². The zero-order valence-electron chi connectivity index (χ0n) is 6.45. The molecule has 0 aromatic carbocycles. The Labute approximate surface area is 71.4 Å². The molecule has 0 amide bonds. The van der Waals surface area contributed by atoms with Gasteiger partial charge in [-0.2, -0.15) is 18.3 Å². The number of alkyl halides is 3. The number of halogens is 3. The first-order valence-corrected chi connectivity index (χ1v) is 3.42. The summed E-state index contributed by atoms with van der Waals surface area (Å²) in [5.41, 5.74) is 0. The number of hydrogen-bond acceptors (Lipinski definition) is 3. The molecule has 0 saturated heterocycles. The Kier molecular flexibility index (Phi) is 2.64. The molecule has 4 nitrogen and oxygen atoms in total. The zero-order chi connectivity index (χ0) is 9.90. The molecule has 1 heterocycles. The van der Waals surface area contributed by atoms with Gasteiger partial charge >= 0.3 is 6.18 Å². The first kappa shape index (κ1) is 9.69. The quantitative estimate of drug-likeness (QED) is 0.713. The van der Waals surface area contributed by atoms with Gasteiger partial charge in [0.15, 0.2) is 0 Å². The molecule has 7 heteroatoms. The number of aromatic nitrogens is 3. The fraction of sp³-hybridized carbons (Fsp3) is 0.500. The minimum absolute atomic E-state index is 0.0989. The van der Waals surface area contributed by atoms with Gasteiger partial charge in [-0.1, -0.05) is 0 Å². The van der Waals surface area contributed by atoms with E-state index in [1.54, 1.807) is 0 Å². The zero-order valence-corrected chi connectivity index (χ0v) is 6.45. The average Bonchev–Trinajstić information content (AvgIpc) is 2.50. The van der Waals surface area contributed by atoms with E-state index in [9.17, 15) is 18.0 Å². The highest BCUT2D eigenvalue weighted by molar-refractivity contribution is 5.83. The van der Waals surface area contributed by atoms with Gasteiger partial charge in [0.05, 0.1) is 0 Å². The summed E-state index contributed by atoms with van der Waals surface area (Å²) in [6.45, 7) is -0.0989. The number of rotatable bonds is 3. The van der Waals surface area contributed by atoms with Crippen molar-refractivity contribution in [2.45, 2.75) is 19.1 Å². The van der Waals surface area contributed by atoms with Crippen molar-refractivity contribution in [1.29, 1.82) is 0 Å². The lowest BCUT2D eigenvalue weighted by atomic mass is 10.3. The van der Waals surface area contributed by atoms with Crippen molar-refractivity contribution in [2.75, 3.05) is 0 Å². The van der Waals surface area contributed by atoms with Crippen LogP contribution in [0.2, 0.25) is 0 Å². The van der Waals surface area contributed by atoms with Gasteiger partial charge in [-0.3, -0.25) is 9.48 Å². The van der Waals surface area contributed by atoms with Crippen LogP contribution in [-0.2, 0) is 11.3 Å². The SMILES string of the molecule is O=C(CCn1cncn1)C(F)(F)F. The van der Waals surface area contributed by atoms with E-state index in [0.717, 1.165) is 0 Å². The Morgan fingerprint density at radius 1 is 1.46 bits per heavy atom. The van der Waals surface area contributed by atoms with Crippen LogP contribution in [0.3, 0.4) is 0 Å². The molecule has 0 aliphatic carbocycles. The minimum atomic E-state index is -4.75. The maximum Gasteiger partial charge on any atom is 0.450 e. The van der Waals surface area contributed by atoms with E-state index in [1.807, 2.05) is 0 Å². The third-order valence-electron chi connectivity index (χ3n) is 1.35. The predicted molar refractivity (Wildman–Crippen MR) is 35.7 cm³/mol. The second kappa shape index (κ2) is 3.55. The third kappa shape index (κ3) is 2.85. The van der Waals surface area contributed by atoms with Crippen LogP contribution < -0.4 is 0 Å². The number of carbonyl (C=O) groups is 1. The predicted octanol–water partition coefficient (Wildman–Crippen LogP) is 0.800. The summed E-state index contributed by atoms with van der Waals surface area (Å²) in [5.74, 6) is -1.75. The maximum atomic E-state index is 11.7. The van der Waals surface area contributed by atoms with E-state index in [-0.39, 0.29) is 6.54 Å². The highest BCUT2D eigenvalue weighted by atomic mass is 19.4. The van der Waals surface area contributed by atoms with Crippen molar-refractivity contribution in [2.24, 2.45) is 0 Å². The van der Waals surface area contributed by atoms with Gasteiger partial charge in [0, 0.05) is 13.0 Å². The largest absolute Gasteiger partial charge is 0.450 e. The van der Waals surface area contributed by atoms with Gasteiger partial charge in [-0.15, -0.1) is 0 Å². The van der Waals surface area contributed by atoms with Crippen molar-refractivity contribution < 1.29 is 18.0 Å². The first-order valence-electron chi connectivity index (χ1n) is 3.42. The number of aryl methyl sites for hydroxylation is 1. The lowest BCUT2D eigenvalue weighted by molar-refractivity contribution is -0.171. The van der Waals surface area contributed by atoms with Crippen molar-refractivity contribution >= 4 is 5.78 Å². The highest BCUT2D eigenvalue weighted by Crippen LogP contribution is 2.17. The minimum Gasteiger partial charge on any atom is -0.290 e. The number of ketones is 1. The van der Waals surface area contributed by atoms with Gasteiger partial charge in [-0.25, -0.2) is 4.98 Å².